The molecule has 2 unspecified atom stereocenters. The Bertz CT molecular complexity index is 249. The standard InChI is InChI=1S/C14H28N2/c1-4-12-6-5-7-14(12,10-15)16-9-8-13(2,3)11-16/h12H,4-11,15H2,1-3H3. The van der Waals surface area contributed by atoms with E-state index in [2.05, 4.69) is 25.7 Å². The Kier molecular flexibility index (Phi) is 3.33. The van der Waals surface area contributed by atoms with Gasteiger partial charge in [0.25, 0.3) is 0 Å². The molecule has 2 rings (SSSR count). The van der Waals surface area contributed by atoms with Crippen LogP contribution >= 0.6 is 0 Å². The van der Waals surface area contributed by atoms with Crippen LogP contribution in [-0.2, 0) is 0 Å². The second-order valence-corrected chi connectivity index (χ2v) is 6.64. The van der Waals surface area contributed by atoms with Crippen molar-refractivity contribution in [2.45, 2.75) is 58.4 Å². The molecule has 0 aromatic heterocycles. The predicted molar refractivity (Wildman–Crippen MR) is 69.4 cm³/mol. The summed E-state index contributed by atoms with van der Waals surface area (Å²) >= 11 is 0. The molecule has 1 saturated carbocycles. The first kappa shape index (κ1) is 12.4. The summed E-state index contributed by atoms with van der Waals surface area (Å²) in [7, 11) is 0. The first-order valence-corrected chi connectivity index (χ1v) is 6.99. The van der Waals surface area contributed by atoms with Crippen LogP contribution < -0.4 is 5.73 Å². The molecule has 1 saturated heterocycles. The fraction of sp³-hybridized carbons (Fsp3) is 1.00. The first-order chi connectivity index (χ1) is 7.54. The molecule has 0 amide bonds. The fourth-order valence-corrected chi connectivity index (χ4v) is 4.02. The number of nitrogens with two attached hydrogens (primary N) is 1. The molecule has 0 aromatic carbocycles. The monoisotopic (exact) mass is 224 g/mol. The van der Waals surface area contributed by atoms with Gasteiger partial charge in [-0.15, -0.1) is 0 Å². The zero-order valence-electron chi connectivity index (χ0n) is 11.3. The lowest BCUT2D eigenvalue weighted by Gasteiger charge is -2.43. The summed E-state index contributed by atoms with van der Waals surface area (Å²) in [6, 6.07) is 0. The summed E-state index contributed by atoms with van der Waals surface area (Å²) in [6.07, 6.45) is 6.74. The quantitative estimate of drug-likeness (QED) is 0.798. The summed E-state index contributed by atoms with van der Waals surface area (Å²) < 4.78 is 0. The number of hydrogen-bond donors (Lipinski definition) is 1. The van der Waals surface area contributed by atoms with Gasteiger partial charge < -0.3 is 5.73 Å². The van der Waals surface area contributed by atoms with Gasteiger partial charge in [0.2, 0.25) is 0 Å². The number of hydrogen-bond acceptors (Lipinski definition) is 2. The highest BCUT2D eigenvalue weighted by molar-refractivity contribution is 5.04. The van der Waals surface area contributed by atoms with Crippen molar-refractivity contribution >= 4 is 0 Å². The van der Waals surface area contributed by atoms with Crippen LogP contribution in [0.5, 0.6) is 0 Å². The average Bonchev–Trinajstić information content (AvgIpc) is 2.81. The maximum atomic E-state index is 6.16. The smallest absolute Gasteiger partial charge is 0.0359 e. The van der Waals surface area contributed by atoms with Gasteiger partial charge in [0.15, 0.2) is 0 Å². The van der Waals surface area contributed by atoms with E-state index in [1.54, 1.807) is 0 Å². The third-order valence-corrected chi connectivity index (χ3v) is 5.08. The number of likely N-dealkylation sites (tertiary alicyclic amines) is 1. The van der Waals surface area contributed by atoms with E-state index in [4.69, 9.17) is 5.73 Å². The van der Waals surface area contributed by atoms with Crippen molar-refractivity contribution < 1.29 is 0 Å². The Morgan fingerprint density at radius 2 is 2.06 bits per heavy atom. The predicted octanol–water partition coefficient (Wildman–Crippen LogP) is 2.63. The molecule has 1 aliphatic heterocycles. The second-order valence-electron chi connectivity index (χ2n) is 6.64. The Labute approximate surface area is 101 Å². The Hall–Kier alpha value is -0.0800. The summed E-state index contributed by atoms with van der Waals surface area (Å²) in [6.45, 7) is 10.5. The summed E-state index contributed by atoms with van der Waals surface area (Å²) in [5, 5.41) is 0. The zero-order valence-corrected chi connectivity index (χ0v) is 11.3. The molecular formula is C14H28N2. The summed E-state index contributed by atoms with van der Waals surface area (Å²) in [4.78, 5) is 2.73. The molecule has 2 heteroatoms. The summed E-state index contributed by atoms with van der Waals surface area (Å²) in [5.41, 5.74) is 7.01. The van der Waals surface area contributed by atoms with Gasteiger partial charge >= 0.3 is 0 Å². The van der Waals surface area contributed by atoms with E-state index in [9.17, 15) is 0 Å². The molecule has 0 bridgehead atoms. The molecule has 2 N–H and O–H groups in total. The molecule has 94 valence electrons. The molecule has 2 nitrogen and oxygen atoms in total. The van der Waals surface area contributed by atoms with Crippen molar-refractivity contribution in [1.29, 1.82) is 0 Å². The van der Waals surface area contributed by atoms with Gasteiger partial charge in [-0.2, -0.15) is 0 Å². The van der Waals surface area contributed by atoms with Gasteiger partial charge in [-0.05, 0) is 37.1 Å². The van der Waals surface area contributed by atoms with E-state index in [0.29, 0.717) is 11.0 Å². The average molecular weight is 224 g/mol. The van der Waals surface area contributed by atoms with Crippen LogP contribution in [0.4, 0.5) is 0 Å². The second kappa shape index (κ2) is 4.30. The van der Waals surface area contributed by atoms with Crippen LogP contribution in [0.2, 0.25) is 0 Å². The zero-order chi connectivity index (χ0) is 11.8. The van der Waals surface area contributed by atoms with Crippen LogP contribution in [0.1, 0.15) is 52.9 Å². The lowest BCUT2D eigenvalue weighted by molar-refractivity contribution is 0.0701. The van der Waals surface area contributed by atoms with Crippen molar-refractivity contribution in [1.82, 2.24) is 4.90 Å². The number of nitrogens with zero attached hydrogens (tertiary/aromatic N) is 1. The Balaban J connectivity index is 2.16. The van der Waals surface area contributed by atoms with E-state index in [0.717, 1.165) is 12.5 Å². The highest BCUT2D eigenvalue weighted by Gasteiger charge is 2.48. The molecule has 1 heterocycles. The maximum Gasteiger partial charge on any atom is 0.0359 e. The van der Waals surface area contributed by atoms with Gasteiger partial charge in [-0.1, -0.05) is 33.6 Å². The molecule has 0 aromatic rings. The van der Waals surface area contributed by atoms with Crippen molar-refractivity contribution in [3.05, 3.63) is 0 Å². The van der Waals surface area contributed by atoms with Gasteiger partial charge in [0, 0.05) is 18.6 Å². The minimum absolute atomic E-state index is 0.350. The topological polar surface area (TPSA) is 29.3 Å². The SMILES string of the molecule is CCC1CCCC1(CN)N1CCC(C)(C)C1. The molecule has 16 heavy (non-hydrogen) atoms. The minimum Gasteiger partial charge on any atom is -0.329 e. The molecule has 0 spiro atoms. The van der Waals surface area contributed by atoms with Crippen LogP contribution in [0.25, 0.3) is 0 Å². The largest absolute Gasteiger partial charge is 0.329 e. The van der Waals surface area contributed by atoms with E-state index < -0.39 is 0 Å². The van der Waals surface area contributed by atoms with Crippen LogP contribution in [0.15, 0.2) is 0 Å². The Morgan fingerprint density at radius 1 is 1.31 bits per heavy atom. The first-order valence-electron chi connectivity index (χ1n) is 6.99. The lowest BCUT2D eigenvalue weighted by Crippen LogP contribution is -2.55. The third-order valence-electron chi connectivity index (χ3n) is 5.08. The van der Waals surface area contributed by atoms with Gasteiger partial charge in [-0.3, -0.25) is 4.90 Å². The van der Waals surface area contributed by atoms with Gasteiger partial charge in [0.1, 0.15) is 0 Å². The molecule has 2 fully saturated rings. The van der Waals surface area contributed by atoms with E-state index >= 15 is 0 Å². The highest BCUT2D eigenvalue weighted by Crippen LogP contribution is 2.45. The van der Waals surface area contributed by atoms with Crippen LogP contribution in [0, 0.1) is 11.3 Å². The van der Waals surface area contributed by atoms with Crippen LogP contribution in [-0.4, -0.2) is 30.1 Å². The maximum absolute atomic E-state index is 6.16. The van der Waals surface area contributed by atoms with E-state index in [-0.39, 0.29) is 0 Å². The van der Waals surface area contributed by atoms with Crippen molar-refractivity contribution in [2.24, 2.45) is 17.1 Å². The fourth-order valence-electron chi connectivity index (χ4n) is 4.02. The minimum atomic E-state index is 0.350. The van der Waals surface area contributed by atoms with Gasteiger partial charge in [-0.25, -0.2) is 0 Å². The third kappa shape index (κ3) is 1.91. The lowest BCUT2D eigenvalue weighted by atomic mass is 9.83. The van der Waals surface area contributed by atoms with Crippen molar-refractivity contribution in [3.63, 3.8) is 0 Å². The normalized spacial score (nSPS) is 39.4. The molecule has 2 atom stereocenters. The van der Waals surface area contributed by atoms with E-state index in [1.807, 2.05) is 0 Å². The van der Waals surface area contributed by atoms with Gasteiger partial charge in [0.05, 0.1) is 0 Å². The molecule has 0 radical (unpaired) electrons. The van der Waals surface area contributed by atoms with Crippen LogP contribution in [0.3, 0.4) is 0 Å². The summed E-state index contributed by atoms with van der Waals surface area (Å²) in [5.74, 6) is 0.839. The van der Waals surface area contributed by atoms with Crippen molar-refractivity contribution in [3.8, 4) is 0 Å². The molecule has 2 aliphatic rings. The van der Waals surface area contributed by atoms with E-state index in [1.165, 1.54) is 45.2 Å². The molecule has 1 aliphatic carbocycles. The Morgan fingerprint density at radius 3 is 2.56 bits per heavy atom. The highest BCUT2D eigenvalue weighted by atomic mass is 15.2. The number of rotatable bonds is 3. The van der Waals surface area contributed by atoms with Crippen molar-refractivity contribution in [2.75, 3.05) is 19.6 Å². The molecular weight excluding hydrogens is 196 g/mol.